The lowest BCUT2D eigenvalue weighted by Crippen LogP contribution is -2.49. The van der Waals surface area contributed by atoms with E-state index in [-0.39, 0.29) is 12.6 Å². The molecule has 0 radical (unpaired) electrons. The molecule has 1 aromatic rings. The zero-order chi connectivity index (χ0) is 16.5. The predicted octanol–water partition coefficient (Wildman–Crippen LogP) is 2.06. The summed E-state index contributed by atoms with van der Waals surface area (Å²) in [6.45, 7) is 5.64. The van der Waals surface area contributed by atoms with Gasteiger partial charge in [0.1, 0.15) is 0 Å². The van der Waals surface area contributed by atoms with Gasteiger partial charge in [0, 0.05) is 32.2 Å². The van der Waals surface area contributed by atoms with E-state index in [0.717, 1.165) is 19.5 Å². The van der Waals surface area contributed by atoms with Gasteiger partial charge in [-0.25, -0.2) is 4.79 Å². The van der Waals surface area contributed by atoms with E-state index >= 15 is 0 Å². The molecule has 2 N–H and O–H groups in total. The van der Waals surface area contributed by atoms with E-state index in [1.54, 1.807) is 4.90 Å². The normalized spacial score (nSPS) is 18.6. The number of nitrogens with zero attached hydrogens (tertiary/aromatic N) is 2. The minimum atomic E-state index is -0.0771. The molecule has 1 saturated heterocycles. The highest BCUT2D eigenvalue weighted by atomic mass is 16.3. The maximum atomic E-state index is 12.2. The first-order valence-electron chi connectivity index (χ1n) is 8.66. The topological polar surface area (TPSA) is 55.8 Å². The van der Waals surface area contributed by atoms with Crippen LogP contribution in [0.4, 0.5) is 4.79 Å². The van der Waals surface area contributed by atoms with Gasteiger partial charge in [0.15, 0.2) is 0 Å². The predicted molar refractivity (Wildman–Crippen MR) is 92.2 cm³/mol. The second-order valence-corrected chi connectivity index (χ2v) is 6.10. The van der Waals surface area contributed by atoms with Gasteiger partial charge in [-0.05, 0) is 31.9 Å². The fraction of sp³-hybridized carbons (Fsp3) is 0.611. The van der Waals surface area contributed by atoms with Gasteiger partial charge < -0.3 is 15.3 Å². The number of urea groups is 1. The zero-order valence-corrected chi connectivity index (χ0v) is 14.1. The van der Waals surface area contributed by atoms with Gasteiger partial charge in [0.05, 0.1) is 6.61 Å². The first-order chi connectivity index (χ1) is 11.2. The first-order valence-corrected chi connectivity index (χ1v) is 8.66. The molecule has 1 heterocycles. The summed E-state index contributed by atoms with van der Waals surface area (Å²) >= 11 is 0. The van der Waals surface area contributed by atoms with E-state index < -0.39 is 0 Å². The van der Waals surface area contributed by atoms with Crippen LogP contribution in [0.1, 0.15) is 31.7 Å². The standard InChI is InChI=1S/C18H29N3O2/c1-2-20(12-13-22)18(23)19-14-17-10-6-7-11-21(17)15-16-8-4-3-5-9-16/h3-5,8-9,17,22H,2,6-7,10-15H2,1H3,(H,19,23). The number of likely N-dealkylation sites (tertiary alicyclic amines) is 1. The Morgan fingerprint density at radius 2 is 2.13 bits per heavy atom. The van der Waals surface area contributed by atoms with Crippen molar-refractivity contribution < 1.29 is 9.90 Å². The summed E-state index contributed by atoms with van der Waals surface area (Å²) in [7, 11) is 0. The van der Waals surface area contributed by atoms with Crippen molar-refractivity contribution in [2.24, 2.45) is 0 Å². The summed E-state index contributed by atoms with van der Waals surface area (Å²) in [5.41, 5.74) is 1.32. The van der Waals surface area contributed by atoms with E-state index in [1.165, 1.54) is 18.4 Å². The number of nitrogens with one attached hydrogen (secondary N) is 1. The van der Waals surface area contributed by atoms with E-state index in [1.807, 2.05) is 13.0 Å². The van der Waals surface area contributed by atoms with Crippen molar-refractivity contribution in [2.75, 3.05) is 32.8 Å². The van der Waals surface area contributed by atoms with Gasteiger partial charge >= 0.3 is 6.03 Å². The molecule has 128 valence electrons. The number of carbonyl (C=O) groups is 1. The van der Waals surface area contributed by atoms with Gasteiger partial charge in [0.2, 0.25) is 0 Å². The van der Waals surface area contributed by atoms with E-state index in [2.05, 4.69) is 34.5 Å². The molecule has 1 atom stereocenters. The lowest BCUT2D eigenvalue weighted by Gasteiger charge is -2.36. The molecule has 1 unspecified atom stereocenters. The molecule has 1 aliphatic heterocycles. The molecule has 0 bridgehead atoms. The lowest BCUT2D eigenvalue weighted by molar-refractivity contribution is 0.133. The smallest absolute Gasteiger partial charge is 0.317 e. The minimum Gasteiger partial charge on any atom is -0.395 e. The fourth-order valence-corrected chi connectivity index (χ4v) is 3.16. The maximum absolute atomic E-state index is 12.2. The number of benzene rings is 1. The summed E-state index contributed by atoms with van der Waals surface area (Å²) < 4.78 is 0. The molecule has 1 aliphatic rings. The third-order valence-electron chi connectivity index (χ3n) is 4.51. The average Bonchev–Trinajstić information content (AvgIpc) is 2.59. The molecule has 1 fully saturated rings. The van der Waals surface area contributed by atoms with Crippen molar-refractivity contribution in [1.82, 2.24) is 15.1 Å². The number of amides is 2. The molecular weight excluding hydrogens is 290 g/mol. The van der Waals surface area contributed by atoms with E-state index in [0.29, 0.717) is 25.7 Å². The van der Waals surface area contributed by atoms with Crippen LogP contribution < -0.4 is 5.32 Å². The molecule has 0 saturated carbocycles. The van der Waals surface area contributed by atoms with Crippen LogP contribution in [0.15, 0.2) is 30.3 Å². The lowest BCUT2D eigenvalue weighted by atomic mass is 10.0. The van der Waals surface area contributed by atoms with Crippen LogP contribution >= 0.6 is 0 Å². The third-order valence-corrected chi connectivity index (χ3v) is 4.51. The van der Waals surface area contributed by atoms with Gasteiger partial charge in [-0.15, -0.1) is 0 Å². The summed E-state index contributed by atoms with van der Waals surface area (Å²) in [6.07, 6.45) is 3.57. The average molecular weight is 319 g/mol. The molecule has 5 nitrogen and oxygen atoms in total. The van der Waals surface area contributed by atoms with Crippen LogP contribution in [0.25, 0.3) is 0 Å². The summed E-state index contributed by atoms with van der Waals surface area (Å²) in [6, 6.07) is 10.8. The molecule has 23 heavy (non-hydrogen) atoms. The molecule has 2 amide bonds. The Bertz CT molecular complexity index is 467. The molecule has 2 rings (SSSR count). The second-order valence-electron chi connectivity index (χ2n) is 6.10. The largest absolute Gasteiger partial charge is 0.395 e. The van der Waals surface area contributed by atoms with Crippen molar-refractivity contribution in [3.05, 3.63) is 35.9 Å². The maximum Gasteiger partial charge on any atom is 0.317 e. The molecule has 1 aromatic carbocycles. The van der Waals surface area contributed by atoms with Crippen LogP contribution in [-0.4, -0.2) is 59.8 Å². The number of aliphatic hydroxyl groups excluding tert-OH is 1. The third kappa shape index (κ3) is 5.52. The number of aliphatic hydroxyl groups is 1. The first kappa shape index (κ1) is 17.8. The van der Waals surface area contributed by atoms with Gasteiger partial charge in [-0.1, -0.05) is 36.8 Å². The quantitative estimate of drug-likeness (QED) is 0.809. The molecule has 0 spiro atoms. The number of hydrogen-bond acceptors (Lipinski definition) is 3. The Hall–Kier alpha value is -1.59. The van der Waals surface area contributed by atoms with Crippen LogP contribution in [0, 0.1) is 0 Å². The molecule has 0 aromatic heterocycles. The molecule has 0 aliphatic carbocycles. The van der Waals surface area contributed by atoms with Crippen LogP contribution in [0.3, 0.4) is 0 Å². The van der Waals surface area contributed by atoms with Crippen LogP contribution in [0.2, 0.25) is 0 Å². The molecular formula is C18H29N3O2. The van der Waals surface area contributed by atoms with Crippen molar-refractivity contribution >= 4 is 6.03 Å². The van der Waals surface area contributed by atoms with E-state index in [9.17, 15) is 4.79 Å². The SMILES string of the molecule is CCN(CCO)C(=O)NCC1CCCCN1Cc1ccccc1. The Balaban J connectivity index is 1.87. The van der Waals surface area contributed by atoms with Crippen molar-refractivity contribution in [1.29, 1.82) is 0 Å². The Morgan fingerprint density at radius 1 is 1.35 bits per heavy atom. The fourth-order valence-electron chi connectivity index (χ4n) is 3.16. The van der Waals surface area contributed by atoms with Crippen molar-refractivity contribution in [2.45, 2.75) is 38.8 Å². The Morgan fingerprint density at radius 3 is 2.83 bits per heavy atom. The van der Waals surface area contributed by atoms with Crippen molar-refractivity contribution in [3.63, 3.8) is 0 Å². The van der Waals surface area contributed by atoms with Gasteiger partial charge in [-0.2, -0.15) is 0 Å². The van der Waals surface area contributed by atoms with E-state index in [4.69, 9.17) is 5.11 Å². The monoisotopic (exact) mass is 319 g/mol. The minimum absolute atomic E-state index is 0.00478. The number of carbonyl (C=O) groups excluding carboxylic acids is 1. The van der Waals surface area contributed by atoms with Gasteiger partial charge in [-0.3, -0.25) is 4.90 Å². The number of rotatable bonds is 7. The summed E-state index contributed by atoms with van der Waals surface area (Å²) in [5.74, 6) is 0. The summed E-state index contributed by atoms with van der Waals surface area (Å²) in [5, 5.41) is 12.0. The van der Waals surface area contributed by atoms with Crippen molar-refractivity contribution in [3.8, 4) is 0 Å². The van der Waals surface area contributed by atoms with Gasteiger partial charge in [0.25, 0.3) is 0 Å². The van der Waals surface area contributed by atoms with Crippen LogP contribution in [-0.2, 0) is 6.54 Å². The molecule has 5 heteroatoms. The Labute approximate surface area is 139 Å². The number of hydrogen-bond donors (Lipinski definition) is 2. The Kier molecular flexibility index (Phi) is 7.36. The van der Waals surface area contributed by atoms with Crippen LogP contribution in [0.5, 0.6) is 0 Å². The highest BCUT2D eigenvalue weighted by Crippen LogP contribution is 2.19. The highest BCUT2D eigenvalue weighted by Gasteiger charge is 2.23. The second kappa shape index (κ2) is 9.53. The zero-order valence-electron chi connectivity index (χ0n) is 14.1. The number of likely N-dealkylation sites (N-methyl/N-ethyl adjacent to an activating group) is 1. The highest BCUT2D eigenvalue weighted by molar-refractivity contribution is 5.74. The summed E-state index contributed by atoms with van der Waals surface area (Å²) in [4.78, 5) is 16.3. The number of piperidine rings is 1.